The van der Waals surface area contributed by atoms with Gasteiger partial charge in [-0.3, -0.25) is 4.79 Å². The molecule has 0 radical (unpaired) electrons. The molecule has 0 saturated heterocycles. The molecule has 0 aromatic carbocycles. The minimum Gasteiger partial charge on any atom is -0.465 e. The van der Waals surface area contributed by atoms with Crippen LogP contribution in [0.25, 0.3) is 0 Å². The molecule has 0 aliphatic rings. The van der Waals surface area contributed by atoms with Crippen molar-refractivity contribution >= 4 is 16.2 Å². The van der Waals surface area contributed by atoms with Gasteiger partial charge in [0, 0.05) is 19.6 Å². The van der Waals surface area contributed by atoms with Gasteiger partial charge in [-0.25, -0.2) is 0 Å². The predicted octanol–water partition coefficient (Wildman–Crippen LogP) is 0.458. The SMILES string of the molecule is CCOC(=O)CN(CC)S(=O)(=O)N(CC)CC. The number of hydrogen-bond acceptors (Lipinski definition) is 4. The van der Waals surface area contributed by atoms with E-state index in [1.54, 1.807) is 27.7 Å². The Morgan fingerprint density at radius 3 is 1.82 bits per heavy atom. The molecule has 0 aromatic heterocycles. The molecule has 0 spiro atoms. The fraction of sp³-hybridized carbons (Fsp3) is 0.900. The van der Waals surface area contributed by atoms with Crippen LogP contribution in [0.1, 0.15) is 27.7 Å². The van der Waals surface area contributed by atoms with Crippen LogP contribution < -0.4 is 0 Å². The van der Waals surface area contributed by atoms with Gasteiger partial charge in [0.15, 0.2) is 0 Å². The third-order valence-corrected chi connectivity index (χ3v) is 4.53. The molecule has 0 bridgehead atoms. The van der Waals surface area contributed by atoms with Crippen molar-refractivity contribution in [3.63, 3.8) is 0 Å². The number of esters is 1. The molecule has 17 heavy (non-hydrogen) atoms. The highest BCUT2D eigenvalue weighted by Crippen LogP contribution is 2.07. The first-order chi connectivity index (χ1) is 7.93. The fourth-order valence-corrected chi connectivity index (χ4v) is 2.99. The molecular weight excluding hydrogens is 244 g/mol. The van der Waals surface area contributed by atoms with Gasteiger partial charge in [0.05, 0.1) is 6.61 Å². The Kier molecular flexibility index (Phi) is 7.33. The number of hydrogen-bond donors (Lipinski definition) is 0. The van der Waals surface area contributed by atoms with E-state index in [4.69, 9.17) is 4.74 Å². The molecule has 7 heteroatoms. The van der Waals surface area contributed by atoms with Crippen molar-refractivity contribution in [3.05, 3.63) is 0 Å². The van der Waals surface area contributed by atoms with Crippen molar-refractivity contribution in [1.29, 1.82) is 0 Å². The van der Waals surface area contributed by atoms with Gasteiger partial charge in [-0.1, -0.05) is 20.8 Å². The lowest BCUT2D eigenvalue weighted by Gasteiger charge is -2.26. The summed E-state index contributed by atoms with van der Waals surface area (Å²) in [5, 5.41) is 0. The smallest absolute Gasteiger partial charge is 0.321 e. The summed E-state index contributed by atoms with van der Waals surface area (Å²) in [6.07, 6.45) is 0. The number of nitrogens with zero attached hydrogens (tertiary/aromatic N) is 2. The molecule has 0 atom stereocenters. The second kappa shape index (κ2) is 7.62. The minimum absolute atomic E-state index is 0.233. The third-order valence-electron chi connectivity index (χ3n) is 2.32. The first-order valence-corrected chi connectivity index (χ1v) is 7.24. The molecule has 0 unspecified atom stereocenters. The normalized spacial score (nSPS) is 12.1. The number of rotatable bonds is 8. The molecule has 0 amide bonds. The molecule has 0 rings (SSSR count). The molecule has 0 heterocycles. The lowest BCUT2D eigenvalue weighted by Crippen LogP contribution is -2.45. The Bertz CT molecular complexity index is 325. The summed E-state index contributed by atoms with van der Waals surface area (Å²) in [5.41, 5.74) is 0. The zero-order chi connectivity index (χ0) is 13.5. The summed E-state index contributed by atoms with van der Waals surface area (Å²) in [7, 11) is -3.56. The highest BCUT2D eigenvalue weighted by atomic mass is 32.2. The van der Waals surface area contributed by atoms with Crippen LogP contribution in [0.3, 0.4) is 0 Å². The van der Waals surface area contributed by atoms with E-state index in [0.717, 1.165) is 4.31 Å². The average Bonchev–Trinajstić information content (AvgIpc) is 2.27. The monoisotopic (exact) mass is 266 g/mol. The van der Waals surface area contributed by atoms with Crippen molar-refractivity contribution in [2.24, 2.45) is 0 Å². The fourth-order valence-electron chi connectivity index (χ4n) is 1.42. The maximum Gasteiger partial charge on any atom is 0.321 e. The van der Waals surface area contributed by atoms with Crippen LogP contribution in [-0.4, -0.2) is 55.8 Å². The quantitative estimate of drug-likeness (QED) is 0.599. The molecule has 0 saturated carbocycles. The van der Waals surface area contributed by atoms with Crippen LogP contribution in [0.5, 0.6) is 0 Å². The molecule has 0 N–H and O–H groups in total. The molecular formula is C10H22N2O4S. The average molecular weight is 266 g/mol. The molecule has 0 aliphatic heterocycles. The summed E-state index contributed by atoms with van der Waals surface area (Å²) < 4.78 is 31.4. The lowest BCUT2D eigenvalue weighted by atomic mass is 10.6. The molecule has 0 aliphatic carbocycles. The van der Waals surface area contributed by atoms with Gasteiger partial charge in [0.25, 0.3) is 10.2 Å². The topological polar surface area (TPSA) is 66.9 Å². The molecule has 102 valence electrons. The van der Waals surface area contributed by atoms with Gasteiger partial charge in [-0.05, 0) is 6.92 Å². The van der Waals surface area contributed by atoms with Gasteiger partial charge in [0.1, 0.15) is 6.54 Å². The summed E-state index contributed by atoms with van der Waals surface area (Å²) in [6, 6.07) is 0. The van der Waals surface area contributed by atoms with Crippen molar-refractivity contribution in [2.75, 3.05) is 32.8 Å². The summed E-state index contributed by atoms with van der Waals surface area (Å²) in [4.78, 5) is 11.3. The van der Waals surface area contributed by atoms with Crippen LogP contribution in [0, 0.1) is 0 Å². The van der Waals surface area contributed by atoms with E-state index in [1.165, 1.54) is 4.31 Å². The first-order valence-electron chi connectivity index (χ1n) is 5.84. The first kappa shape index (κ1) is 16.3. The van der Waals surface area contributed by atoms with E-state index in [2.05, 4.69) is 0 Å². The van der Waals surface area contributed by atoms with E-state index in [9.17, 15) is 13.2 Å². The third kappa shape index (κ3) is 4.61. The summed E-state index contributed by atoms with van der Waals surface area (Å²) in [6.45, 7) is 7.95. The molecule has 0 aromatic rings. The Labute approximate surface area is 104 Å². The largest absolute Gasteiger partial charge is 0.465 e. The number of carbonyl (C=O) groups excluding carboxylic acids is 1. The zero-order valence-electron chi connectivity index (χ0n) is 11.0. The van der Waals surface area contributed by atoms with Crippen molar-refractivity contribution in [2.45, 2.75) is 27.7 Å². The number of likely N-dealkylation sites (N-methyl/N-ethyl adjacent to an activating group) is 1. The molecule has 6 nitrogen and oxygen atoms in total. The van der Waals surface area contributed by atoms with Crippen molar-refractivity contribution in [3.8, 4) is 0 Å². The summed E-state index contributed by atoms with van der Waals surface area (Å²) >= 11 is 0. The summed E-state index contributed by atoms with van der Waals surface area (Å²) in [5.74, 6) is -0.523. The van der Waals surface area contributed by atoms with E-state index in [0.29, 0.717) is 13.1 Å². The predicted molar refractivity (Wildman–Crippen MR) is 65.7 cm³/mol. The van der Waals surface area contributed by atoms with Crippen LogP contribution in [-0.2, 0) is 19.7 Å². The minimum atomic E-state index is -3.56. The number of ether oxygens (including phenoxy) is 1. The molecule has 0 fully saturated rings. The maximum atomic E-state index is 12.1. The van der Waals surface area contributed by atoms with E-state index in [1.807, 2.05) is 0 Å². The highest BCUT2D eigenvalue weighted by Gasteiger charge is 2.28. The van der Waals surface area contributed by atoms with E-state index in [-0.39, 0.29) is 19.7 Å². The van der Waals surface area contributed by atoms with E-state index >= 15 is 0 Å². The van der Waals surface area contributed by atoms with Crippen LogP contribution in [0.4, 0.5) is 0 Å². The van der Waals surface area contributed by atoms with Gasteiger partial charge < -0.3 is 4.74 Å². The van der Waals surface area contributed by atoms with Crippen LogP contribution >= 0.6 is 0 Å². The maximum absolute atomic E-state index is 12.1. The zero-order valence-corrected chi connectivity index (χ0v) is 11.8. The second-order valence-corrected chi connectivity index (χ2v) is 5.25. The Morgan fingerprint density at radius 2 is 1.47 bits per heavy atom. The van der Waals surface area contributed by atoms with E-state index < -0.39 is 16.2 Å². The lowest BCUT2D eigenvalue weighted by molar-refractivity contribution is -0.143. The standard InChI is InChI=1S/C10H22N2O4S/c1-5-11(6-2)17(14,15)12(7-3)9-10(13)16-8-4/h5-9H2,1-4H3. The Balaban J connectivity index is 4.80. The van der Waals surface area contributed by atoms with Gasteiger partial charge in [0.2, 0.25) is 0 Å². The van der Waals surface area contributed by atoms with Gasteiger partial charge in [-0.15, -0.1) is 0 Å². The van der Waals surface area contributed by atoms with Crippen LogP contribution in [0.2, 0.25) is 0 Å². The second-order valence-electron chi connectivity index (χ2n) is 3.32. The Morgan fingerprint density at radius 1 is 1.00 bits per heavy atom. The van der Waals surface area contributed by atoms with Crippen LogP contribution in [0.15, 0.2) is 0 Å². The highest BCUT2D eigenvalue weighted by molar-refractivity contribution is 7.86. The Hall–Kier alpha value is -0.660. The number of carbonyl (C=O) groups is 1. The van der Waals surface area contributed by atoms with Crippen molar-refractivity contribution in [1.82, 2.24) is 8.61 Å². The van der Waals surface area contributed by atoms with Gasteiger partial charge in [-0.2, -0.15) is 17.0 Å². The van der Waals surface area contributed by atoms with Crippen molar-refractivity contribution < 1.29 is 17.9 Å². The van der Waals surface area contributed by atoms with Gasteiger partial charge >= 0.3 is 5.97 Å².